The van der Waals surface area contributed by atoms with Crippen molar-refractivity contribution in [3.63, 3.8) is 0 Å². The quantitative estimate of drug-likeness (QED) is 0.655. The number of rotatable bonds is 3. The number of hydrogen-bond acceptors (Lipinski definition) is 1. The normalized spacial score (nSPS) is 10.3. The van der Waals surface area contributed by atoms with Gasteiger partial charge in [-0.05, 0) is 76.9 Å². The smallest absolute Gasteiger partial charge is 0.323 e. The zero-order valence-corrected chi connectivity index (χ0v) is 14.2. The highest BCUT2D eigenvalue weighted by atomic mass is 79.9. The van der Waals surface area contributed by atoms with E-state index in [4.69, 9.17) is 0 Å². The lowest BCUT2D eigenvalue weighted by Gasteiger charge is -2.10. The number of carbonyl (C=O) groups excluding carboxylic acids is 1. The fourth-order valence-electron chi connectivity index (χ4n) is 2.23. The topological polar surface area (TPSA) is 46.1 Å². The van der Waals surface area contributed by atoms with Gasteiger partial charge in [0.1, 0.15) is 0 Å². The van der Waals surface area contributed by atoms with Crippen LogP contribution in [-0.2, 0) is 0 Å². The van der Waals surface area contributed by atoms with Gasteiger partial charge in [-0.1, -0.05) is 6.07 Å². The van der Waals surface area contributed by atoms with Crippen molar-refractivity contribution >= 4 is 33.3 Å². The first-order chi connectivity index (χ1) is 11.1. The van der Waals surface area contributed by atoms with E-state index >= 15 is 0 Å². The molecule has 2 aromatic carbocycles. The monoisotopic (exact) mass is 369 g/mol. The van der Waals surface area contributed by atoms with E-state index in [0.717, 1.165) is 27.1 Å². The predicted octanol–water partition coefficient (Wildman–Crippen LogP) is 5.19. The summed E-state index contributed by atoms with van der Waals surface area (Å²) in [6, 6.07) is 17.1. The summed E-state index contributed by atoms with van der Waals surface area (Å²) in [6.07, 6.45) is 3.95. The Balaban J connectivity index is 1.66. The first kappa shape index (κ1) is 15.4. The summed E-state index contributed by atoms with van der Waals surface area (Å²) in [4.78, 5) is 12.1. The fraction of sp³-hybridized carbons (Fsp3) is 0.0556. The van der Waals surface area contributed by atoms with Gasteiger partial charge in [-0.3, -0.25) is 0 Å². The van der Waals surface area contributed by atoms with E-state index < -0.39 is 0 Å². The summed E-state index contributed by atoms with van der Waals surface area (Å²) >= 11 is 3.45. The van der Waals surface area contributed by atoms with E-state index in [1.807, 2.05) is 78.5 Å². The largest absolute Gasteiger partial charge is 0.324 e. The molecule has 0 unspecified atom stereocenters. The third kappa shape index (κ3) is 3.81. The van der Waals surface area contributed by atoms with Crippen LogP contribution in [0.4, 0.5) is 16.2 Å². The maximum Gasteiger partial charge on any atom is 0.323 e. The van der Waals surface area contributed by atoms with Crippen molar-refractivity contribution in [2.24, 2.45) is 0 Å². The maximum atomic E-state index is 12.1. The van der Waals surface area contributed by atoms with Crippen LogP contribution in [0.2, 0.25) is 0 Å². The fourth-order valence-corrected chi connectivity index (χ4v) is 2.82. The van der Waals surface area contributed by atoms with Crippen molar-refractivity contribution in [1.29, 1.82) is 0 Å². The molecule has 0 atom stereocenters. The number of halogens is 1. The summed E-state index contributed by atoms with van der Waals surface area (Å²) in [5, 5.41) is 5.65. The van der Waals surface area contributed by atoms with Crippen LogP contribution in [0, 0.1) is 6.92 Å². The average molecular weight is 370 g/mol. The SMILES string of the molecule is Cc1ccc(NC(=O)Nc2ccc(-n3cccc3)cc2)c(Br)c1. The number of aryl methyl sites for hydroxylation is 1. The van der Waals surface area contributed by atoms with Crippen molar-refractivity contribution in [3.05, 3.63) is 77.0 Å². The van der Waals surface area contributed by atoms with Crippen LogP contribution >= 0.6 is 15.9 Å². The summed E-state index contributed by atoms with van der Waals surface area (Å²) < 4.78 is 2.86. The lowest BCUT2D eigenvalue weighted by molar-refractivity contribution is 0.262. The van der Waals surface area contributed by atoms with E-state index in [1.165, 1.54) is 0 Å². The van der Waals surface area contributed by atoms with Gasteiger partial charge < -0.3 is 15.2 Å². The molecule has 2 N–H and O–H groups in total. The number of urea groups is 1. The first-order valence-electron chi connectivity index (χ1n) is 7.19. The molecule has 116 valence electrons. The van der Waals surface area contributed by atoms with Crippen molar-refractivity contribution in [3.8, 4) is 5.69 Å². The van der Waals surface area contributed by atoms with Crippen LogP contribution in [0.1, 0.15) is 5.56 Å². The Morgan fingerprint density at radius 2 is 1.70 bits per heavy atom. The minimum atomic E-state index is -0.275. The van der Waals surface area contributed by atoms with Gasteiger partial charge >= 0.3 is 6.03 Å². The summed E-state index contributed by atoms with van der Waals surface area (Å²) in [6.45, 7) is 2.00. The molecule has 2 amide bonds. The molecule has 0 radical (unpaired) electrons. The number of hydrogen-bond donors (Lipinski definition) is 2. The summed E-state index contributed by atoms with van der Waals surface area (Å²) in [5.74, 6) is 0. The van der Waals surface area contributed by atoms with Gasteiger partial charge in [0, 0.05) is 28.2 Å². The highest BCUT2D eigenvalue weighted by Gasteiger charge is 2.06. The Labute approximate surface area is 143 Å². The molecular weight excluding hydrogens is 354 g/mol. The molecule has 0 saturated heterocycles. The number of amides is 2. The van der Waals surface area contributed by atoms with Crippen molar-refractivity contribution in [2.75, 3.05) is 10.6 Å². The number of anilines is 2. The highest BCUT2D eigenvalue weighted by molar-refractivity contribution is 9.10. The zero-order valence-electron chi connectivity index (χ0n) is 12.6. The Bertz CT molecular complexity index is 811. The van der Waals surface area contributed by atoms with Crippen molar-refractivity contribution in [1.82, 2.24) is 4.57 Å². The highest BCUT2D eigenvalue weighted by Crippen LogP contribution is 2.23. The Morgan fingerprint density at radius 1 is 1.00 bits per heavy atom. The van der Waals surface area contributed by atoms with E-state index in [1.54, 1.807) is 0 Å². The van der Waals surface area contributed by atoms with Crippen LogP contribution in [-0.4, -0.2) is 10.6 Å². The molecule has 0 bridgehead atoms. The van der Waals surface area contributed by atoms with Crippen LogP contribution in [0.3, 0.4) is 0 Å². The van der Waals surface area contributed by atoms with Crippen LogP contribution in [0.15, 0.2) is 71.5 Å². The van der Waals surface area contributed by atoms with Crippen molar-refractivity contribution in [2.45, 2.75) is 6.92 Å². The number of nitrogens with one attached hydrogen (secondary N) is 2. The molecule has 1 aromatic heterocycles. The van der Waals surface area contributed by atoms with Gasteiger partial charge in [-0.15, -0.1) is 0 Å². The molecule has 3 aromatic rings. The molecule has 5 heteroatoms. The molecule has 0 fully saturated rings. The standard InChI is InChI=1S/C18H16BrN3O/c1-13-4-9-17(16(19)12-13)21-18(23)20-14-5-7-15(8-6-14)22-10-2-3-11-22/h2-12H,1H3,(H2,20,21,23). The average Bonchev–Trinajstić information content (AvgIpc) is 3.05. The minimum Gasteiger partial charge on any atom is -0.324 e. The zero-order chi connectivity index (χ0) is 16.2. The lowest BCUT2D eigenvalue weighted by Crippen LogP contribution is -2.19. The van der Waals surface area contributed by atoms with Gasteiger partial charge in [-0.25, -0.2) is 4.79 Å². The van der Waals surface area contributed by atoms with E-state index in [2.05, 4.69) is 26.6 Å². The Morgan fingerprint density at radius 3 is 2.35 bits per heavy atom. The first-order valence-corrected chi connectivity index (χ1v) is 7.99. The summed E-state index contributed by atoms with van der Waals surface area (Å²) in [7, 11) is 0. The second-order valence-electron chi connectivity index (χ2n) is 5.20. The van der Waals surface area contributed by atoms with Crippen molar-refractivity contribution < 1.29 is 4.79 Å². The van der Waals surface area contributed by atoms with E-state index in [9.17, 15) is 4.79 Å². The lowest BCUT2D eigenvalue weighted by atomic mass is 10.2. The molecule has 0 spiro atoms. The Kier molecular flexibility index (Phi) is 4.48. The number of nitrogens with zero attached hydrogens (tertiary/aromatic N) is 1. The summed E-state index contributed by atoms with van der Waals surface area (Å²) in [5.41, 5.74) is 3.64. The second kappa shape index (κ2) is 6.71. The minimum absolute atomic E-state index is 0.275. The van der Waals surface area contributed by atoms with Crippen LogP contribution in [0.5, 0.6) is 0 Å². The molecule has 0 saturated carbocycles. The van der Waals surface area contributed by atoms with E-state index in [0.29, 0.717) is 0 Å². The van der Waals surface area contributed by atoms with Gasteiger partial charge in [0.15, 0.2) is 0 Å². The van der Waals surface area contributed by atoms with E-state index in [-0.39, 0.29) is 6.03 Å². The molecule has 4 nitrogen and oxygen atoms in total. The number of aromatic nitrogens is 1. The molecule has 3 rings (SSSR count). The molecule has 0 aliphatic carbocycles. The van der Waals surface area contributed by atoms with Gasteiger partial charge in [-0.2, -0.15) is 0 Å². The number of carbonyl (C=O) groups is 1. The van der Waals surface area contributed by atoms with Gasteiger partial charge in [0.2, 0.25) is 0 Å². The van der Waals surface area contributed by atoms with Crippen LogP contribution in [0.25, 0.3) is 5.69 Å². The van der Waals surface area contributed by atoms with Gasteiger partial charge in [0.25, 0.3) is 0 Å². The molecule has 0 aliphatic heterocycles. The predicted molar refractivity (Wildman–Crippen MR) is 97.3 cm³/mol. The molecule has 0 aliphatic rings. The molecule has 1 heterocycles. The maximum absolute atomic E-state index is 12.1. The molecular formula is C18H16BrN3O. The van der Waals surface area contributed by atoms with Gasteiger partial charge in [0.05, 0.1) is 5.69 Å². The number of benzene rings is 2. The Hall–Kier alpha value is -2.53. The molecule has 23 heavy (non-hydrogen) atoms. The third-order valence-electron chi connectivity index (χ3n) is 3.40. The van der Waals surface area contributed by atoms with Crippen LogP contribution < -0.4 is 10.6 Å². The second-order valence-corrected chi connectivity index (χ2v) is 6.05. The third-order valence-corrected chi connectivity index (χ3v) is 4.06.